The lowest BCUT2D eigenvalue weighted by molar-refractivity contribution is 0.0527. The van der Waals surface area contributed by atoms with Crippen molar-refractivity contribution in [1.82, 2.24) is 4.98 Å². The first-order valence-electron chi connectivity index (χ1n) is 7.85. The van der Waals surface area contributed by atoms with Crippen LogP contribution in [0.4, 0.5) is 5.69 Å². The number of carbonyl (C=O) groups excluding carboxylic acids is 2. The second kappa shape index (κ2) is 6.28. The number of aromatic amines is 1. The van der Waals surface area contributed by atoms with Gasteiger partial charge in [-0.3, -0.25) is 4.79 Å². The van der Waals surface area contributed by atoms with Gasteiger partial charge in [-0.25, -0.2) is 4.79 Å². The first-order chi connectivity index (χ1) is 11.1. The van der Waals surface area contributed by atoms with Gasteiger partial charge >= 0.3 is 5.97 Å². The van der Waals surface area contributed by atoms with Crippen molar-refractivity contribution in [3.8, 4) is 0 Å². The van der Waals surface area contributed by atoms with Gasteiger partial charge in [-0.1, -0.05) is 12.1 Å². The normalized spacial score (nSPS) is 13.7. The van der Waals surface area contributed by atoms with Crippen molar-refractivity contribution in [3.63, 3.8) is 0 Å². The molecule has 120 valence electrons. The highest BCUT2D eigenvalue weighted by Crippen LogP contribution is 2.41. The molecule has 0 spiro atoms. The number of carbonyl (C=O) groups is 2. The van der Waals surface area contributed by atoms with E-state index in [1.165, 1.54) is 4.90 Å². The van der Waals surface area contributed by atoms with E-state index >= 15 is 0 Å². The molecular weight excluding hydrogens is 292 g/mol. The number of aromatic nitrogens is 1. The summed E-state index contributed by atoms with van der Waals surface area (Å²) >= 11 is 0. The summed E-state index contributed by atoms with van der Waals surface area (Å²) in [5.74, 6) is -0.0817. The molecule has 0 unspecified atom stereocenters. The average molecular weight is 312 g/mol. The van der Waals surface area contributed by atoms with Crippen LogP contribution in [-0.2, 0) is 4.74 Å². The minimum Gasteiger partial charge on any atom is -0.462 e. The van der Waals surface area contributed by atoms with Crippen molar-refractivity contribution < 1.29 is 14.3 Å². The Bertz CT molecular complexity index is 731. The highest BCUT2D eigenvalue weighted by Gasteiger charge is 2.31. The number of nitrogens with zero attached hydrogens (tertiary/aromatic N) is 1. The molecule has 0 atom stereocenters. The second-order valence-corrected chi connectivity index (χ2v) is 5.68. The summed E-state index contributed by atoms with van der Waals surface area (Å²) < 4.78 is 5.08. The molecule has 23 heavy (non-hydrogen) atoms. The fourth-order valence-corrected chi connectivity index (χ4v) is 2.72. The number of ether oxygens (including phenoxy) is 1. The summed E-state index contributed by atoms with van der Waals surface area (Å²) in [5, 5.41) is 0. The summed E-state index contributed by atoms with van der Waals surface area (Å²) in [7, 11) is 1.68. The number of nitrogens with one attached hydrogen (secondary N) is 1. The van der Waals surface area contributed by atoms with Gasteiger partial charge < -0.3 is 14.6 Å². The highest BCUT2D eigenvalue weighted by molar-refractivity contribution is 6.10. The number of H-pyrrole nitrogens is 1. The van der Waals surface area contributed by atoms with Gasteiger partial charge in [-0.05, 0) is 43.9 Å². The summed E-state index contributed by atoms with van der Waals surface area (Å²) in [6.45, 7) is 2.06. The molecule has 1 aliphatic carbocycles. The molecule has 1 aliphatic rings. The molecule has 1 fully saturated rings. The molecule has 1 heterocycles. The average Bonchev–Trinajstić information content (AvgIpc) is 3.30. The number of anilines is 1. The first-order valence-corrected chi connectivity index (χ1v) is 7.85. The van der Waals surface area contributed by atoms with Crippen molar-refractivity contribution >= 4 is 17.6 Å². The van der Waals surface area contributed by atoms with Crippen LogP contribution in [0.1, 0.15) is 52.1 Å². The van der Waals surface area contributed by atoms with Crippen LogP contribution in [0.3, 0.4) is 0 Å². The Balaban J connectivity index is 1.90. The van der Waals surface area contributed by atoms with Crippen molar-refractivity contribution in [2.45, 2.75) is 25.7 Å². The number of rotatable bonds is 5. The van der Waals surface area contributed by atoms with E-state index in [1.807, 2.05) is 0 Å². The number of para-hydroxylation sites is 1. The molecule has 1 aromatic heterocycles. The Morgan fingerprint density at radius 2 is 1.96 bits per heavy atom. The minimum atomic E-state index is -0.417. The lowest BCUT2D eigenvalue weighted by Gasteiger charge is -2.20. The molecule has 1 aromatic carbocycles. The summed E-state index contributed by atoms with van der Waals surface area (Å²) in [6, 6.07) is 8.81. The zero-order valence-corrected chi connectivity index (χ0v) is 13.3. The van der Waals surface area contributed by atoms with Crippen LogP contribution < -0.4 is 4.90 Å². The Kier molecular flexibility index (Phi) is 4.19. The Morgan fingerprint density at radius 1 is 1.22 bits per heavy atom. The summed E-state index contributed by atoms with van der Waals surface area (Å²) in [6.07, 6.45) is 4.03. The third-order valence-corrected chi connectivity index (χ3v) is 4.06. The van der Waals surface area contributed by atoms with E-state index in [2.05, 4.69) is 4.98 Å². The third kappa shape index (κ3) is 2.99. The van der Waals surface area contributed by atoms with Crippen LogP contribution >= 0.6 is 0 Å². The van der Waals surface area contributed by atoms with Gasteiger partial charge in [0.25, 0.3) is 5.91 Å². The second-order valence-electron chi connectivity index (χ2n) is 5.68. The van der Waals surface area contributed by atoms with E-state index in [0.717, 1.165) is 18.5 Å². The van der Waals surface area contributed by atoms with Gasteiger partial charge in [0.15, 0.2) is 0 Å². The number of benzene rings is 1. The van der Waals surface area contributed by atoms with Gasteiger partial charge in [0, 0.05) is 18.9 Å². The van der Waals surface area contributed by atoms with E-state index in [1.54, 1.807) is 50.5 Å². The maximum Gasteiger partial charge on any atom is 0.340 e. The van der Waals surface area contributed by atoms with E-state index in [4.69, 9.17) is 4.74 Å². The highest BCUT2D eigenvalue weighted by atomic mass is 16.5. The van der Waals surface area contributed by atoms with Crippen molar-refractivity contribution in [1.29, 1.82) is 0 Å². The van der Waals surface area contributed by atoms with Crippen LogP contribution in [0, 0.1) is 0 Å². The Morgan fingerprint density at radius 3 is 2.65 bits per heavy atom. The molecule has 0 bridgehead atoms. The standard InChI is InChI=1S/C18H20N2O3/c1-3-23-18(22)13-6-4-5-7-15(13)20(2)17(21)14-10-11-19-16(14)12-8-9-12/h4-7,10-12,19H,3,8-9H2,1-2H3. The predicted molar refractivity (Wildman–Crippen MR) is 87.9 cm³/mol. The number of amides is 1. The molecular formula is C18H20N2O3. The van der Waals surface area contributed by atoms with E-state index in [0.29, 0.717) is 29.3 Å². The number of hydrogen-bond donors (Lipinski definition) is 1. The van der Waals surface area contributed by atoms with Crippen molar-refractivity contribution in [2.24, 2.45) is 0 Å². The fraction of sp³-hybridized carbons (Fsp3) is 0.333. The molecule has 0 radical (unpaired) electrons. The smallest absolute Gasteiger partial charge is 0.340 e. The number of hydrogen-bond acceptors (Lipinski definition) is 3. The van der Waals surface area contributed by atoms with Crippen LogP contribution in [0.5, 0.6) is 0 Å². The maximum atomic E-state index is 12.8. The first kappa shape index (κ1) is 15.3. The molecule has 5 heteroatoms. The van der Waals surface area contributed by atoms with Crippen molar-refractivity contribution in [2.75, 3.05) is 18.6 Å². The molecule has 5 nitrogen and oxygen atoms in total. The van der Waals surface area contributed by atoms with Gasteiger partial charge in [-0.2, -0.15) is 0 Å². The predicted octanol–water partition coefficient (Wildman–Crippen LogP) is 3.35. The van der Waals surface area contributed by atoms with Gasteiger partial charge in [0.1, 0.15) is 0 Å². The zero-order valence-electron chi connectivity index (χ0n) is 13.3. The third-order valence-electron chi connectivity index (χ3n) is 4.06. The summed E-state index contributed by atoms with van der Waals surface area (Å²) in [4.78, 5) is 29.6. The van der Waals surface area contributed by atoms with Gasteiger partial charge in [0.05, 0.1) is 23.4 Å². The summed E-state index contributed by atoms with van der Waals surface area (Å²) in [5.41, 5.74) is 2.62. The van der Waals surface area contributed by atoms with Gasteiger partial charge in [0.2, 0.25) is 0 Å². The van der Waals surface area contributed by atoms with E-state index < -0.39 is 5.97 Å². The molecule has 0 saturated heterocycles. The van der Waals surface area contributed by atoms with Crippen LogP contribution in [0.15, 0.2) is 36.5 Å². The van der Waals surface area contributed by atoms with Crippen LogP contribution in [-0.4, -0.2) is 30.5 Å². The fourth-order valence-electron chi connectivity index (χ4n) is 2.72. The SMILES string of the molecule is CCOC(=O)c1ccccc1N(C)C(=O)c1cc[nH]c1C1CC1. The Labute approximate surface area is 135 Å². The van der Waals surface area contributed by atoms with E-state index in [9.17, 15) is 9.59 Å². The van der Waals surface area contributed by atoms with Crippen LogP contribution in [0.2, 0.25) is 0 Å². The molecule has 1 saturated carbocycles. The zero-order chi connectivity index (χ0) is 16.4. The lowest BCUT2D eigenvalue weighted by atomic mass is 10.1. The topological polar surface area (TPSA) is 62.4 Å². The quantitative estimate of drug-likeness (QED) is 0.861. The minimum absolute atomic E-state index is 0.120. The molecule has 0 aliphatic heterocycles. The molecule has 3 rings (SSSR count). The van der Waals surface area contributed by atoms with Gasteiger partial charge in [-0.15, -0.1) is 0 Å². The molecule has 1 amide bonds. The number of esters is 1. The Hall–Kier alpha value is -2.56. The maximum absolute atomic E-state index is 12.8. The molecule has 2 aromatic rings. The molecule has 1 N–H and O–H groups in total. The largest absolute Gasteiger partial charge is 0.462 e. The van der Waals surface area contributed by atoms with E-state index in [-0.39, 0.29) is 5.91 Å². The lowest BCUT2D eigenvalue weighted by Crippen LogP contribution is -2.28. The van der Waals surface area contributed by atoms with Crippen molar-refractivity contribution in [3.05, 3.63) is 53.3 Å². The monoisotopic (exact) mass is 312 g/mol. The van der Waals surface area contributed by atoms with Crippen LogP contribution in [0.25, 0.3) is 0 Å².